The zero-order valence-corrected chi connectivity index (χ0v) is 6.68. The zero-order chi connectivity index (χ0) is 7.41. The van der Waals surface area contributed by atoms with Crippen molar-refractivity contribution in [1.82, 2.24) is 0 Å². The Morgan fingerprint density at radius 1 is 1.50 bits per heavy atom. The van der Waals surface area contributed by atoms with Gasteiger partial charge in [-0.05, 0) is 30.6 Å². The third-order valence-corrected chi connectivity index (χ3v) is 4.08. The van der Waals surface area contributed by atoms with Crippen molar-refractivity contribution in [3.8, 4) is 0 Å². The van der Waals surface area contributed by atoms with E-state index in [2.05, 4.69) is 13.8 Å². The molecular formula is C9H14O. The molecule has 3 saturated carbocycles. The van der Waals surface area contributed by atoms with Gasteiger partial charge in [0, 0.05) is 5.41 Å². The summed E-state index contributed by atoms with van der Waals surface area (Å²) in [5.41, 5.74) is 0.423. The molecule has 0 N–H and O–H groups in total. The summed E-state index contributed by atoms with van der Waals surface area (Å²) in [6, 6.07) is 0. The van der Waals surface area contributed by atoms with Gasteiger partial charge >= 0.3 is 0 Å². The van der Waals surface area contributed by atoms with Gasteiger partial charge in [0.15, 0.2) is 0 Å². The smallest absolute Gasteiger partial charge is 0.126 e. The van der Waals surface area contributed by atoms with E-state index in [-0.39, 0.29) is 5.41 Å². The van der Waals surface area contributed by atoms with Crippen LogP contribution in [0.1, 0.15) is 33.1 Å². The van der Waals surface area contributed by atoms with Crippen molar-refractivity contribution in [1.29, 1.82) is 0 Å². The van der Waals surface area contributed by atoms with E-state index in [9.17, 15) is 4.79 Å². The maximum absolute atomic E-state index is 10.8. The standard InChI is InChI=1S/C9H14O/c1-8(2)7-3-4-9(8,5-7)6-10/h6-7H,3-5H2,1-2H3. The third-order valence-electron chi connectivity index (χ3n) is 4.08. The van der Waals surface area contributed by atoms with Gasteiger partial charge in [-0.15, -0.1) is 0 Å². The van der Waals surface area contributed by atoms with Crippen molar-refractivity contribution in [2.24, 2.45) is 16.7 Å². The van der Waals surface area contributed by atoms with E-state index in [1.54, 1.807) is 0 Å². The summed E-state index contributed by atoms with van der Waals surface area (Å²) >= 11 is 0. The van der Waals surface area contributed by atoms with E-state index in [1.165, 1.54) is 19.1 Å². The molecule has 0 aromatic heterocycles. The molecule has 1 nitrogen and oxygen atoms in total. The Balaban J connectivity index is 2.35. The van der Waals surface area contributed by atoms with Crippen molar-refractivity contribution in [2.75, 3.05) is 0 Å². The lowest BCUT2D eigenvalue weighted by Crippen LogP contribution is -2.48. The fourth-order valence-corrected chi connectivity index (χ4v) is 2.81. The molecule has 0 aromatic carbocycles. The molecule has 0 saturated heterocycles. The van der Waals surface area contributed by atoms with Gasteiger partial charge in [0.2, 0.25) is 0 Å². The van der Waals surface area contributed by atoms with Crippen molar-refractivity contribution >= 4 is 6.29 Å². The van der Waals surface area contributed by atoms with Crippen LogP contribution >= 0.6 is 0 Å². The molecule has 0 heterocycles. The average Bonchev–Trinajstić information content (AvgIpc) is 2.41. The van der Waals surface area contributed by atoms with Crippen LogP contribution in [-0.4, -0.2) is 6.29 Å². The SMILES string of the molecule is CC1(C)C2CCC1(C=O)C2. The summed E-state index contributed by atoms with van der Waals surface area (Å²) < 4.78 is 0. The van der Waals surface area contributed by atoms with Crippen LogP contribution < -0.4 is 0 Å². The fraction of sp³-hybridized carbons (Fsp3) is 0.889. The van der Waals surface area contributed by atoms with Gasteiger partial charge in [0.1, 0.15) is 6.29 Å². The number of hydrogen-bond acceptors (Lipinski definition) is 1. The van der Waals surface area contributed by atoms with Gasteiger partial charge in [-0.3, -0.25) is 0 Å². The van der Waals surface area contributed by atoms with Crippen molar-refractivity contribution in [3.63, 3.8) is 0 Å². The molecule has 3 aliphatic carbocycles. The molecule has 0 aliphatic heterocycles. The van der Waals surface area contributed by atoms with Gasteiger partial charge in [0.25, 0.3) is 0 Å². The molecule has 0 spiro atoms. The van der Waals surface area contributed by atoms with E-state index < -0.39 is 0 Å². The largest absolute Gasteiger partial charge is 0.303 e. The molecule has 2 atom stereocenters. The van der Waals surface area contributed by atoms with E-state index in [0.717, 1.165) is 12.3 Å². The van der Waals surface area contributed by atoms with Gasteiger partial charge < -0.3 is 4.79 Å². The molecule has 3 fully saturated rings. The predicted octanol–water partition coefficient (Wildman–Crippen LogP) is 2.01. The maximum atomic E-state index is 10.8. The van der Waals surface area contributed by atoms with Crippen LogP contribution in [0.4, 0.5) is 0 Å². The summed E-state index contributed by atoms with van der Waals surface area (Å²) in [7, 11) is 0. The van der Waals surface area contributed by atoms with Gasteiger partial charge in [0.05, 0.1) is 0 Å². The Morgan fingerprint density at radius 3 is 2.40 bits per heavy atom. The lowest BCUT2D eigenvalue weighted by Gasteiger charge is -2.51. The summed E-state index contributed by atoms with van der Waals surface area (Å²) in [6.45, 7) is 4.48. The lowest BCUT2D eigenvalue weighted by atomic mass is 9.51. The molecule has 3 aliphatic rings. The molecule has 3 rings (SSSR count). The molecule has 0 radical (unpaired) electrons. The summed E-state index contributed by atoms with van der Waals surface area (Å²) in [5, 5.41) is 0. The van der Waals surface area contributed by atoms with Crippen molar-refractivity contribution in [2.45, 2.75) is 33.1 Å². The lowest BCUT2D eigenvalue weighted by molar-refractivity contribution is -0.134. The number of rotatable bonds is 1. The minimum absolute atomic E-state index is 0.0949. The second-order valence-electron chi connectivity index (χ2n) is 4.44. The van der Waals surface area contributed by atoms with E-state index in [1.807, 2.05) is 0 Å². The Hall–Kier alpha value is -0.330. The molecule has 2 bridgehead atoms. The number of carbonyl (C=O) groups excluding carboxylic acids is 1. The second kappa shape index (κ2) is 1.46. The van der Waals surface area contributed by atoms with Crippen LogP contribution in [0.25, 0.3) is 0 Å². The van der Waals surface area contributed by atoms with E-state index >= 15 is 0 Å². The van der Waals surface area contributed by atoms with E-state index in [0.29, 0.717) is 5.41 Å². The van der Waals surface area contributed by atoms with Crippen LogP contribution in [0, 0.1) is 16.7 Å². The Kier molecular flexibility index (Phi) is 0.934. The van der Waals surface area contributed by atoms with Gasteiger partial charge in [-0.25, -0.2) is 0 Å². The van der Waals surface area contributed by atoms with Gasteiger partial charge in [-0.2, -0.15) is 0 Å². The third kappa shape index (κ3) is 0.415. The van der Waals surface area contributed by atoms with Crippen molar-refractivity contribution in [3.05, 3.63) is 0 Å². The first-order valence-electron chi connectivity index (χ1n) is 4.09. The molecule has 0 aromatic rings. The Morgan fingerprint density at radius 2 is 2.20 bits per heavy atom. The quantitative estimate of drug-likeness (QED) is 0.506. The molecule has 10 heavy (non-hydrogen) atoms. The highest BCUT2D eigenvalue weighted by atomic mass is 16.1. The van der Waals surface area contributed by atoms with Crippen LogP contribution in [0.2, 0.25) is 0 Å². The summed E-state index contributed by atoms with van der Waals surface area (Å²) in [5.74, 6) is 0.845. The molecule has 56 valence electrons. The average molecular weight is 138 g/mol. The molecule has 2 unspecified atom stereocenters. The maximum Gasteiger partial charge on any atom is 0.126 e. The highest BCUT2D eigenvalue weighted by molar-refractivity contribution is 5.64. The molecule has 1 heteroatoms. The number of aldehydes is 1. The van der Waals surface area contributed by atoms with Crippen molar-refractivity contribution < 1.29 is 4.79 Å². The second-order valence-corrected chi connectivity index (χ2v) is 4.44. The minimum Gasteiger partial charge on any atom is -0.303 e. The Labute approximate surface area is 61.8 Å². The number of hydrogen-bond donors (Lipinski definition) is 0. The topological polar surface area (TPSA) is 17.1 Å². The highest BCUT2D eigenvalue weighted by Crippen LogP contribution is 2.69. The van der Waals surface area contributed by atoms with Crippen LogP contribution in [-0.2, 0) is 4.79 Å². The van der Waals surface area contributed by atoms with E-state index in [4.69, 9.17) is 0 Å². The van der Waals surface area contributed by atoms with Gasteiger partial charge in [-0.1, -0.05) is 13.8 Å². The predicted molar refractivity (Wildman–Crippen MR) is 39.6 cm³/mol. The molecular weight excluding hydrogens is 124 g/mol. The number of carbonyl (C=O) groups is 1. The van der Waals surface area contributed by atoms with Crippen LogP contribution in [0.15, 0.2) is 0 Å². The monoisotopic (exact) mass is 138 g/mol. The molecule has 0 amide bonds. The van der Waals surface area contributed by atoms with Crippen LogP contribution in [0.3, 0.4) is 0 Å². The first-order chi connectivity index (χ1) is 4.62. The first-order valence-corrected chi connectivity index (χ1v) is 4.09. The van der Waals surface area contributed by atoms with Crippen LogP contribution in [0.5, 0.6) is 0 Å². The fourth-order valence-electron chi connectivity index (χ4n) is 2.81. The first kappa shape index (κ1) is 6.38. The highest BCUT2D eigenvalue weighted by Gasteiger charge is 2.64. The Bertz CT molecular complexity index is 179. The zero-order valence-electron chi connectivity index (χ0n) is 6.68. The normalized spacial score (nSPS) is 48.4. The minimum atomic E-state index is 0.0949. The summed E-state index contributed by atoms with van der Waals surface area (Å²) in [4.78, 5) is 10.8. The summed E-state index contributed by atoms with van der Waals surface area (Å²) in [6.07, 6.45) is 4.81. The number of fused-ring (bicyclic) bond motifs is 1.